The summed E-state index contributed by atoms with van der Waals surface area (Å²) in [6.07, 6.45) is 55.9. The van der Waals surface area contributed by atoms with Crippen LogP contribution in [0.5, 0.6) is 0 Å². The lowest BCUT2D eigenvalue weighted by molar-refractivity contribution is -0.154. The van der Waals surface area contributed by atoms with E-state index >= 15 is 0 Å². The van der Waals surface area contributed by atoms with Crippen LogP contribution >= 0.6 is 7.82 Å². The van der Waals surface area contributed by atoms with Gasteiger partial charge < -0.3 is 20.1 Å². The van der Waals surface area contributed by atoms with Gasteiger partial charge >= 0.3 is 13.8 Å². The monoisotopic (exact) mass is 838 g/mol. The first-order valence-corrected chi connectivity index (χ1v) is 25.6. The van der Waals surface area contributed by atoms with Gasteiger partial charge in [-0.25, -0.2) is 4.57 Å². The van der Waals surface area contributed by atoms with Crippen molar-refractivity contribution in [1.29, 1.82) is 0 Å². The van der Waals surface area contributed by atoms with Crippen LogP contribution < -0.4 is 5.73 Å². The van der Waals surface area contributed by atoms with E-state index < -0.39 is 13.9 Å². The lowest BCUT2D eigenvalue weighted by Crippen LogP contribution is -2.28. The van der Waals surface area contributed by atoms with Crippen LogP contribution in [0.4, 0.5) is 0 Å². The van der Waals surface area contributed by atoms with Crippen molar-refractivity contribution in [3.05, 3.63) is 48.6 Å². The van der Waals surface area contributed by atoms with Crippen LogP contribution in [0.2, 0.25) is 0 Å². The minimum absolute atomic E-state index is 0.0947. The summed E-state index contributed by atoms with van der Waals surface area (Å²) >= 11 is 0. The van der Waals surface area contributed by atoms with Crippen molar-refractivity contribution in [2.24, 2.45) is 5.73 Å². The molecule has 0 amide bonds. The molecule has 0 aliphatic rings. The highest BCUT2D eigenvalue weighted by molar-refractivity contribution is 7.47. The van der Waals surface area contributed by atoms with Crippen molar-refractivity contribution in [2.45, 2.75) is 225 Å². The molecule has 3 N–H and O–H groups in total. The van der Waals surface area contributed by atoms with Gasteiger partial charge in [0, 0.05) is 19.6 Å². The smallest absolute Gasteiger partial charge is 0.457 e. The molecule has 8 nitrogen and oxygen atoms in total. The van der Waals surface area contributed by atoms with Gasteiger partial charge in [0.15, 0.2) is 0 Å². The third-order valence-corrected chi connectivity index (χ3v) is 11.2. The second-order valence-electron chi connectivity index (χ2n) is 15.9. The summed E-state index contributed by atoms with van der Waals surface area (Å²) in [5.74, 6) is -0.358. The van der Waals surface area contributed by atoms with Gasteiger partial charge in [0.05, 0.1) is 19.8 Å². The Morgan fingerprint density at radius 1 is 0.534 bits per heavy atom. The molecule has 0 heterocycles. The number of esters is 1. The Hall–Kier alpha value is -1.54. The number of carbonyl (C=O) groups is 1. The largest absolute Gasteiger partial charge is 0.472 e. The third-order valence-electron chi connectivity index (χ3n) is 10.2. The fraction of sp³-hybridized carbons (Fsp3) is 0.816. The summed E-state index contributed by atoms with van der Waals surface area (Å²) in [5, 5.41) is 0. The molecular formula is C49H92NO7P. The highest BCUT2D eigenvalue weighted by Gasteiger charge is 2.25. The number of hydrogen-bond donors (Lipinski definition) is 2. The molecule has 0 aromatic rings. The van der Waals surface area contributed by atoms with Gasteiger partial charge in [-0.2, -0.15) is 0 Å². The Balaban J connectivity index is 3.89. The topological polar surface area (TPSA) is 117 Å². The first-order chi connectivity index (χ1) is 28.4. The number of carbonyl (C=O) groups excluding carboxylic acids is 1. The van der Waals surface area contributed by atoms with E-state index in [4.69, 9.17) is 24.3 Å². The van der Waals surface area contributed by atoms with E-state index in [1.54, 1.807) is 0 Å². The zero-order valence-corrected chi connectivity index (χ0v) is 38.7. The molecule has 0 aromatic carbocycles. The zero-order valence-electron chi connectivity index (χ0n) is 37.8. The normalized spacial score (nSPS) is 13.8. The molecule has 0 saturated heterocycles. The van der Waals surface area contributed by atoms with Crippen LogP contribution in [0.1, 0.15) is 219 Å². The van der Waals surface area contributed by atoms with Crippen molar-refractivity contribution >= 4 is 13.8 Å². The Morgan fingerprint density at radius 3 is 1.47 bits per heavy atom. The van der Waals surface area contributed by atoms with Crippen LogP contribution in [-0.4, -0.2) is 49.9 Å². The number of unbranched alkanes of at least 4 members (excludes halogenated alkanes) is 25. The molecule has 2 unspecified atom stereocenters. The van der Waals surface area contributed by atoms with Gasteiger partial charge in [0.2, 0.25) is 0 Å². The number of nitrogens with two attached hydrogens (primary N) is 1. The maximum Gasteiger partial charge on any atom is 0.472 e. The predicted octanol–water partition coefficient (Wildman–Crippen LogP) is 14.8. The Labute approximate surface area is 358 Å². The highest BCUT2D eigenvalue weighted by Crippen LogP contribution is 2.43. The number of ether oxygens (including phenoxy) is 2. The van der Waals surface area contributed by atoms with Crippen LogP contribution in [0.3, 0.4) is 0 Å². The average Bonchev–Trinajstić information content (AvgIpc) is 3.21. The van der Waals surface area contributed by atoms with Crippen molar-refractivity contribution in [3.8, 4) is 0 Å². The molecule has 58 heavy (non-hydrogen) atoms. The summed E-state index contributed by atoms with van der Waals surface area (Å²) in [4.78, 5) is 22.5. The molecule has 0 aliphatic carbocycles. The number of phosphoric acid groups is 1. The van der Waals surface area contributed by atoms with E-state index in [1.807, 2.05) is 0 Å². The van der Waals surface area contributed by atoms with E-state index in [2.05, 4.69) is 62.5 Å². The molecule has 0 radical (unpaired) electrons. The second-order valence-corrected chi connectivity index (χ2v) is 17.4. The van der Waals surface area contributed by atoms with Crippen LogP contribution in [0.25, 0.3) is 0 Å². The SMILES string of the molecule is CC/C=C\C/C=C\C/C=C\CCCCCC(=O)OC(COCCCCCCCCCCCCCCCC/C=C\CCCCCCCCCC)COP(=O)(O)OCCN. The molecule has 0 aromatic heterocycles. The van der Waals surface area contributed by atoms with Gasteiger partial charge in [-0.15, -0.1) is 0 Å². The minimum atomic E-state index is -4.29. The summed E-state index contributed by atoms with van der Waals surface area (Å²) in [7, 11) is -4.29. The van der Waals surface area contributed by atoms with Gasteiger partial charge in [-0.3, -0.25) is 13.8 Å². The number of phosphoric ester groups is 1. The van der Waals surface area contributed by atoms with Gasteiger partial charge in [0.1, 0.15) is 6.10 Å². The number of hydrogen-bond acceptors (Lipinski definition) is 7. The molecule has 340 valence electrons. The van der Waals surface area contributed by atoms with Crippen LogP contribution in [-0.2, 0) is 27.9 Å². The van der Waals surface area contributed by atoms with E-state index in [-0.39, 0.29) is 38.8 Å². The average molecular weight is 838 g/mol. The minimum Gasteiger partial charge on any atom is -0.457 e. The van der Waals surface area contributed by atoms with Crippen molar-refractivity contribution in [2.75, 3.05) is 33.0 Å². The van der Waals surface area contributed by atoms with E-state index in [1.165, 1.54) is 141 Å². The molecule has 0 rings (SSSR count). The van der Waals surface area contributed by atoms with E-state index in [9.17, 15) is 14.3 Å². The second kappa shape index (κ2) is 46.5. The fourth-order valence-electron chi connectivity index (χ4n) is 6.71. The van der Waals surface area contributed by atoms with Crippen LogP contribution in [0, 0.1) is 0 Å². The molecule has 0 spiro atoms. The molecule has 0 bridgehead atoms. The molecule has 0 aliphatic heterocycles. The zero-order chi connectivity index (χ0) is 42.3. The molecule has 2 atom stereocenters. The first-order valence-electron chi connectivity index (χ1n) is 24.1. The molecule has 0 saturated carbocycles. The Bertz CT molecular complexity index is 1030. The quantitative estimate of drug-likeness (QED) is 0.0269. The summed E-state index contributed by atoms with van der Waals surface area (Å²) in [6.45, 7) is 4.78. The van der Waals surface area contributed by atoms with Crippen LogP contribution in [0.15, 0.2) is 48.6 Å². The van der Waals surface area contributed by atoms with E-state index in [0.29, 0.717) is 6.61 Å². The van der Waals surface area contributed by atoms with Gasteiger partial charge in [-0.1, -0.05) is 191 Å². The number of allylic oxidation sites excluding steroid dienone is 8. The summed E-state index contributed by atoms with van der Waals surface area (Å²) in [6, 6.07) is 0. The van der Waals surface area contributed by atoms with Crippen molar-refractivity contribution < 1.29 is 32.8 Å². The lowest BCUT2D eigenvalue weighted by atomic mass is 10.0. The molecule has 0 fully saturated rings. The summed E-state index contributed by atoms with van der Waals surface area (Å²) in [5.41, 5.74) is 5.37. The van der Waals surface area contributed by atoms with Crippen molar-refractivity contribution in [3.63, 3.8) is 0 Å². The van der Waals surface area contributed by atoms with Gasteiger partial charge in [-0.05, 0) is 70.6 Å². The highest BCUT2D eigenvalue weighted by atomic mass is 31.2. The first kappa shape index (κ1) is 56.5. The lowest BCUT2D eigenvalue weighted by Gasteiger charge is -2.20. The molecule has 9 heteroatoms. The maximum atomic E-state index is 12.6. The fourth-order valence-corrected chi connectivity index (χ4v) is 7.48. The molecular weight excluding hydrogens is 746 g/mol. The Kier molecular flexibility index (Phi) is 45.3. The van der Waals surface area contributed by atoms with E-state index in [0.717, 1.165) is 57.8 Å². The predicted molar refractivity (Wildman–Crippen MR) is 247 cm³/mol. The van der Waals surface area contributed by atoms with Gasteiger partial charge in [0.25, 0.3) is 0 Å². The Morgan fingerprint density at radius 2 is 0.966 bits per heavy atom. The number of rotatable bonds is 46. The maximum absolute atomic E-state index is 12.6. The third kappa shape index (κ3) is 45.5. The standard InChI is InChI=1S/C49H92NO7P/c1-3-5-7-9-11-13-15-17-18-19-20-21-22-23-24-25-26-27-28-29-31-33-35-37-39-41-44-54-46-48(47-56-58(52,53)55-45-43-50)57-49(51)42-40-38-36-34-32-30-16-14-12-10-8-6-4-2/h6,8,12,14,19-20,30,32,48H,3-5,7,9-11,13,15-18,21-29,31,33-47,50H2,1-2H3,(H,52,53)/b8-6-,14-12-,20-19-,32-30-. The summed E-state index contributed by atoms with van der Waals surface area (Å²) < 4.78 is 33.4. The van der Waals surface area contributed by atoms with Crippen molar-refractivity contribution in [1.82, 2.24) is 0 Å².